The van der Waals surface area contributed by atoms with Crippen LogP contribution in [-0.4, -0.2) is 36.1 Å². The van der Waals surface area contributed by atoms with Crippen LogP contribution in [0.15, 0.2) is 10.6 Å². The van der Waals surface area contributed by atoms with E-state index in [1.54, 1.807) is 6.20 Å². The number of hydrogen-bond donors (Lipinski definition) is 0. The number of unbranched alkanes of at least 4 members (excludes halogenated alkanes) is 1. The van der Waals surface area contributed by atoms with Crippen LogP contribution in [0.2, 0.25) is 0 Å². The number of likely N-dealkylation sites (tertiary alicyclic amines) is 1. The summed E-state index contributed by atoms with van der Waals surface area (Å²) in [5.41, 5.74) is 0. The monoisotopic (exact) mass is 238 g/mol. The van der Waals surface area contributed by atoms with Gasteiger partial charge in [-0.15, -0.1) is 0 Å². The molecule has 17 heavy (non-hydrogen) atoms. The summed E-state index contributed by atoms with van der Waals surface area (Å²) in [6.45, 7) is 6.36. The largest absolute Gasteiger partial charge is 0.464 e. The second kappa shape index (κ2) is 6.64. The van der Waals surface area contributed by atoms with Gasteiger partial charge in [-0.25, -0.2) is 4.98 Å². The second-order valence-corrected chi connectivity index (χ2v) is 4.51. The van der Waals surface area contributed by atoms with Crippen molar-refractivity contribution in [3.05, 3.63) is 12.1 Å². The van der Waals surface area contributed by atoms with Crippen LogP contribution < -0.4 is 4.74 Å². The van der Waals surface area contributed by atoms with E-state index in [1.807, 2.05) is 6.92 Å². The summed E-state index contributed by atoms with van der Waals surface area (Å²) in [5, 5.41) is 0. The molecule has 4 heteroatoms. The summed E-state index contributed by atoms with van der Waals surface area (Å²) in [5.74, 6) is 1.34. The van der Waals surface area contributed by atoms with Gasteiger partial charge >= 0.3 is 5.95 Å². The minimum absolute atomic E-state index is 0.544. The molecule has 0 aliphatic carbocycles. The number of aromatic nitrogens is 1. The Morgan fingerprint density at radius 3 is 2.94 bits per heavy atom. The number of hydrogen-bond acceptors (Lipinski definition) is 4. The average molecular weight is 238 g/mol. The zero-order valence-corrected chi connectivity index (χ0v) is 10.7. The first kappa shape index (κ1) is 12.4. The fourth-order valence-electron chi connectivity index (χ4n) is 2.24. The molecule has 2 rings (SSSR count). The molecule has 2 heterocycles. The minimum Gasteiger partial charge on any atom is -0.464 e. The van der Waals surface area contributed by atoms with Crippen molar-refractivity contribution in [2.45, 2.75) is 39.0 Å². The zero-order valence-electron chi connectivity index (χ0n) is 10.7. The predicted octanol–water partition coefficient (Wildman–Crippen LogP) is 2.49. The highest BCUT2D eigenvalue weighted by Crippen LogP contribution is 2.15. The van der Waals surface area contributed by atoms with Crippen molar-refractivity contribution in [3.8, 4) is 5.95 Å². The molecular weight excluding hydrogens is 216 g/mol. The molecule has 96 valence electrons. The lowest BCUT2D eigenvalue weighted by Gasteiger charge is -2.13. The third kappa shape index (κ3) is 4.04. The SMILES string of the molecule is CCOc1cnc(CCCCN2CCCC2)o1. The lowest BCUT2D eigenvalue weighted by atomic mass is 10.2. The molecule has 1 aliphatic rings. The molecule has 0 N–H and O–H groups in total. The van der Waals surface area contributed by atoms with Crippen molar-refractivity contribution >= 4 is 0 Å². The fourth-order valence-corrected chi connectivity index (χ4v) is 2.24. The van der Waals surface area contributed by atoms with Crippen LogP contribution in [0.5, 0.6) is 5.95 Å². The quantitative estimate of drug-likeness (QED) is 0.684. The fraction of sp³-hybridized carbons (Fsp3) is 0.769. The van der Waals surface area contributed by atoms with Crippen molar-refractivity contribution in [2.24, 2.45) is 0 Å². The molecule has 1 fully saturated rings. The highest BCUT2D eigenvalue weighted by Gasteiger charge is 2.10. The number of nitrogens with zero attached hydrogens (tertiary/aromatic N) is 2. The van der Waals surface area contributed by atoms with Gasteiger partial charge in [0, 0.05) is 6.42 Å². The molecule has 0 radical (unpaired) electrons. The Kier molecular flexibility index (Phi) is 4.86. The van der Waals surface area contributed by atoms with Crippen LogP contribution in [0.4, 0.5) is 0 Å². The third-order valence-electron chi connectivity index (χ3n) is 3.13. The highest BCUT2D eigenvalue weighted by molar-refractivity contribution is 4.99. The lowest BCUT2D eigenvalue weighted by Crippen LogP contribution is -2.20. The van der Waals surface area contributed by atoms with E-state index >= 15 is 0 Å². The molecule has 1 aliphatic heterocycles. The third-order valence-corrected chi connectivity index (χ3v) is 3.13. The van der Waals surface area contributed by atoms with E-state index in [4.69, 9.17) is 9.15 Å². The number of aryl methyl sites for hydroxylation is 1. The lowest BCUT2D eigenvalue weighted by molar-refractivity contribution is 0.248. The molecule has 0 unspecified atom stereocenters. The van der Waals surface area contributed by atoms with Gasteiger partial charge in [-0.2, -0.15) is 0 Å². The summed E-state index contributed by atoms with van der Waals surface area (Å²) in [4.78, 5) is 6.74. The van der Waals surface area contributed by atoms with Gasteiger partial charge in [0.1, 0.15) is 6.20 Å². The number of rotatable bonds is 7. The van der Waals surface area contributed by atoms with Crippen LogP contribution in [-0.2, 0) is 6.42 Å². The van der Waals surface area contributed by atoms with Gasteiger partial charge in [-0.1, -0.05) is 0 Å². The standard InChI is InChI=1S/C13H22N2O2/c1-2-16-13-11-14-12(17-13)7-3-4-8-15-9-5-6-10-15/h11H,2-10H2,1H3. The zero-order chi connectivity index (χ0) is 11.9. The van der Waals surface area contributed by atoms with E-state index in [1.165, 1.54) is 38.9 Å². The van der Waals surface area contributed by atoms with Gasteiger partial charge in [0.05, 0.1) is 6.61 Å². The van der Waals surface area contributed by atoms with Crippen LogP contribution in [0.25, 0.3) is 0 Å². The van der Waals surface area contributed by atoms with E-state index in [0.717, 1.165) is 18.7 Å². The van der Waals surface area contributed by atoms with Crippen LogP contribution >= 0.6 is 0 Å². The summed E-state index contributed by atoms with van der Waals surface area (Å²) >= 11 is 0. The van der Waals surface area contributed by atoms with E-state index in [-0.39, 0.29) is 0 Å². The number of oxazole rings is 1. The smallest absolute Gasteiger partial charge is 0.305 e. The van der Waals surface area contributed by atoms with Crippen molar-refractivity contribution in [3.63, 3.8) is 0 Å². The Hall–Kier alpha value is -1.03. The molecule has 0 bridgehead atoms. The van der Waals surface area contributed by atoms with E-state index in [0.29, 0.717) is 12.6 Å². The maximum absolute atomic E-state index is 5.45. The van der Waals surface area contributed by atoms with E-state index in [9.17, 15) is 0 Å². The molecular formula is C13H22N2O2. The molecule has 0 aromatic carbocycles. The molecule has 0 saturated carbocycles. The van der Waals surface area contributed by atoms with Gasteiger partial charge in [0.2, 0.25) is 0 Å². The van der Waals surface area contributed by atoms with Crippen molar-refractivity contribution in [1.82, 2.24) is 9.88 Å². The first-order valence-corrected chi connectivity index (χ1v) is 6.68. The van der Waals surface area contributed by atoms with Gasteiger partial charge in [-0.3, -0.25) is 0 Å². The van der Waals surface area contributed by atoms with Crippen LogP contribution in [0.3, 0.4) is 0 Å². The first-order valence-electron chi connectivity index (χ1n) is 6.68. The molecule has 0 spiro atoms. The van der Waals surface area contributed by atoms with E-state index in [2.05, 4.69) is 9.88 Å². The van der Waals surface area contributed by atoms with Gasteiger partial charge in [0.25, 0.3) is 0 Å². The van der Waals surface area contributed by atoms with Crippen LogP contribution in [0, 0.1) is 0 Å². The average Bonchev–Trinajstić information content (AvgIpc) is 2.96. The summed E-state index contributed by atoms with van der Waals surface area (Å²) in [6.07, 6.45) is 7.70. The molecule has 0 atom stereocenters. The van der Waals surface area contributed by atoms with Crippen molar-refractivity contribution in [1.29, 1.82) is 0 Å². The Labute approximate surface area is 103 Å². The van der Waals surface area contributed by atoms with Crippen molar-refractivity contribution in [2.75, 3.05) is 26.2 Å². The highest BCUT2D eigenvalue weighted by atomic mass is 16.6. The van der Waals surface area contributed by atoms with Crippen LogP contribution in [0.1, 0.15) is 38.5 Å². The number of ether oxygens (including phenoxy) is 1. The first-order chi connectivity index (χ1) is 8.38. The molecule has 1 aromatic heterocycles. The topological polar surface area (TPSA) is 38.5 Å². The van der Waals surface area contributed by atoms with Gasteiger partial charge < -0.3 is 14.1 Å². The Morgan fingerprint density at radius 1 is 1.35 bits per heavy atom. The molecule has 0 amide bonds. The molecule has 1 saturated heterocycles. The Balaban J connectivity index is 1.60. The Morgan fingerprint density at radius 2 is 2.18 bits per heavy atom. The normalized spacial score (nSPS) is 16.5. The van der Waals surface area contributed by atoms with Crippen molar-refractivity contribution < 1.29 is 9.15 Å². The maximum atomic E-state index is 5.45. The molecule has 1 aromatic rings. The maximum Gasteiger partial charge on any atom is 0.305 e. The Bertz CT molecular complexity index is 319. The minimum atomic E-state index is 0.544. The molecule has 4 nitrogen and oxygen atoms in total. The summed E-state index contributed by atoms with van der Waals surface area (Å²) < 4.78 is 10.7. The van der Waals surface area contributed by atoms with E-state index < -0.39 is 0 Å². The summed E-state index contributed by atoms with van der Waals surface area (Å²) in [6, 6.07) is 0. The second-order valence-electron chi connectivity index (χ2n) is 4.51. The summed E-state index contributed by atoms with van der Waals surface area (Å²) in [7, 11) is 0. The predicted molar refractivity (Wildman–Crippen MR) is 66.3 cm³/mol. The van der Waals surface area contributed by atoms with Gasteiger partial charge in [-0.05, 0) is 52.2 Å². The van der Waals surface area contributed by atoms with Gasteiger partial charge in [0.15, 0.2) is 5.89 Å².